The van der Waals surface area contributed by atoms with Crippen LogP contribution in [-0.2, 0) is 0 Å². The van der Waals surface area contributed by atoms with Crippen LogP contribution in [0, 0.1) is 0 Å². The quantitative estimate of drug-likeness (QED) is 0.743. The minimum absolute atomic E-state index is 0.0843. The normalized spacial score (nSPS) is 10.4. The third kappa shape index (κ3) is 1.21. The lowest BCUT2D eigenvalue weighted by Gasteiger charge is -2.01. The molecular weight excluding hydrogens is 184 g/mol. The number of benzene rings is 1. The Morgan fingerprint density at radius 2 is 2.21 bits per heavy atom. The maximum atomic E-state index is 11.5. The molecule has 0 spiro atoms. The van der Waals surface area contributed by atoms with Crippen LogP contribution >= 0.6 is 0 Å². The summed E-state index contributed by atoms with van der Waals surface area (Å²) >= 11 is 0. The van der Waals surface area contributed by atoms with Gasteiger partial charge < -0.3 is 14.3 Å². The predicted molar refractivity (Wildman–Crippen MR) is 50.7 cm³/mol. The van der Waals surface area contributed by atoms with E-state index in [0.29, 0.717) is 5.58 Å². The number of hydrogen-bond acceptors (Lipinski definition) is 4. The number of aromatic hydroxyl groups is 1. The first-order valence-corrected chi connectivity index (χ1v) is 4.02. The Hall–Kier alpha value is -1.97. The van der Waals surface area contributed by atoms with E-state index in [-0.39, 0.29) is 22.5 Å². The fourth-order valence-corrected chi connectivity index (χ4v) is 1.27. The molecule has 0 saturated heterocycles. The van der Waals surface area contributed by atoms with Gasteiger partial charge in [0.1, 0.15) is 16.7 Å². The zero-order valence-corrected chi connectivity index (χ0v) is 7.48. The maximum absolute atomic E-state index is 11.5. The third-order valence-corrected chi connectivity index (χ3v) is 1.91. The minimum Gasteiger partial charge on any atom is -0.507 e. The Bertz CT molecular complexity index is 527. The Labute approximate surface area is 79.4 Å². The first-order valence-electron chi connectivity index (χ1n) is 4.02. The first-order chi connectivity index (χ1) is 6.72. The van der Waals surface area contributed by atoms with Crippen molar-refractivity contribution >= 4 is 11.0 Å². The maximum Gasteiger partial charge on any atom is 0.288 e. The molecule has 4 nitrogen and oxygen atoms in total. The van der Waals surface area contributed by atoms with E-state index in [1.165, 1.54) is 19.2 Å². The largest absolute Gasteiger partial charge is 0.507 e. The first kappa shape index (κ1) is 8.62. The van der Waals surface area contributed by atoms with Crippen LogP contribution < -0.4 is 10.2 Å². The van der Waals surface area contributed by atoms with Crippen LogP contribution in [0.5, 0.6) is 11.7 Å². The number of rotatable bonds is 1. The summed E-state index contributed by atoms with van der Waals surface area (Å²) in [6.07, 6.45) is 0. The summed E-state index contributed by atoms with van der Waals surface area (Å²) < 4.78 is 9.99. The number of ether oxygens (including phenoxy) is 1. The zero-order valence-electron chi connectivity index (χ0n) is 7.48. The molecule has 0 radical (unpaired) electrons. The van der Waals surface area contributed by atoms with E-state index in [0.717, 1.165) is 0 Å². The second-order valence-corrected chi connectivity index (χ2v) is 2.78. The summed E-state index contributed by atoms with van der Waals surface area (Å²) in [5, 5.41) is 9.59. The van der Waals surface area contributed by atoms with Gasteiger partial charge >= 0.3 is 0 Å². The molecule has 0 aliphatic rings. The van der Waals surface area contributed by atoms with E-state index < -0.39 is 0 Å². The molecule has 2 aromatic rings. The van der Waals surface area contributed by atoms with Crippen molar-refractivity contribution < 1.29 is 14.3 Å². The fourth-order valence-electron chi connectivity index (χ4n) is 1.27. The molecule has 0 saturated carbocycles. The molecule has 0 amide bonds. The van der Waals surface area contributed by atoms with Gasteiger partial charge in [0.15, 0.2) is 5.43 Å². The monoisotopic (exact) mass is 192 g/mol. The van der Waals surface area contributed by atoms with Crippen LogP contribution in [0.4, 0.5) is 0 Å². The number of phenols is 1. The second-order valence-electron chi connectivity index (χ2n) is 2.78. The highest BCUT2D eigenvalue weighted by molar-refractivity contribution is 5.83. The van der Waals surface area contributed by atoms with Crippen LogP contribution in [0.2, 0.25) is 0 Å². The van der Waals surface area contributed by atoms with E-state index in [4.69, 9.17) is 9.15 Å². The Kier molecular flexibility index (Phi) is 1.89. The van der Waals surface area contributed by atoms with Crippen LogP contribution in [0.15, 0.2) is 33.5 Å². The third-order valence-electron chi connectivity index (χ3n) is 1.91. The molecule has 0 aliphatic carbocycles. The molecule has 1 aromatic carbocycles. The lowest BCUT2D eigenvalue weighted by molar-refractivity contribution is 0.309. The molecule has 0 bridgehead atoms. The molecule has 0 atom stereocenters. The van der Waals surface area contributed by atoms with Gasteiger partial charge in [-0.05, 0) is 12.1 Å². The highest BCUT2D eigenvalue weighted by atomic mass is 16.6. The predicted octanol–water partition coefficient (Wildman–Crippen LogP) is 1.51. The molecule has 0 unspecified atom stereocenters. The summed E-state index contributed by atoms with van der Waals surface area (Å²) in [4.78, 5) is 11.5. The second kappa shape index (κ2) is 3.06. The number of methoxy groups -OCH3 is 1. The Balaban J connectivity index is 2.90. The molecule has 0 fully saturated rings. The molecule has 72 valence electrons. The standard InChI is InChI=1S/C10H8O4/c1-13-9-5-7(12)10-6(11)3-2-4-8(10)14-9/h2-5,11H,1H3. The van der Waals surface area contributed by atoms with Gasteiger partial charge in [-0.2, -0.15) is 0 Å². The number of phenolic OH excluding ortho intramolecular Hbond substituents is 1. The summed E-state index contributed by atoms with van der Waals surface area (Å²) in [7, 11) is 1.41. The van der Waals surface area contributed by atoms with Crippen molar-refractivity contribution in [2.75, 3.05) is 7.11 Å². The SMILES string of the molecule is COc1cc(=O)c2c(O)cccc2o1. The van der Waals surface area contributed by atoms with Crippen LogP contribution in [0.1, 0.15) is 0 Å². The Morgan fingerprint density at radius 3 is 2.93 bits per heavy atom. The summed E-state index contributed by atoms with van der Waals surface area (Å²) in [5.41, 5.74) is -0.00412. The summed E-state index contributed by atoms with van der Waals surface area (Å²) in [6, 6.07) is 5.83. The van der Waals surface area contributed by atoms with E-state index in [2.05, 4.69) is 0 Å². The molecule has 1 heterocycles. The number of fused-ring (bicyclic) bond motifs is 1. The summed E-state index contributed by atoms with van der Waals surface area (Å²) in [5.74, 6) is 0.0482. The molecule has 1 N–H and O–H groups in total. The van der Waals surface area contributed by atoms with Crippen molar-refractivity contribution in [2.24, 2.45) is 0 Å². The van der Waals surface area contributed by atoms with Gasteiger partial charge in [-0.1, -0.05) is 6.07 Å². The molecule has 4 heteroatoms. The van der Waals surface area contributed by atoms with Crippen LogP contribution in [-0.4, -0.2) is 12.2 Å². The molecular formula is C10H8O4. The van der Waals surface area contributed by atoms with Gasteiger partial charge in [0, 0.05) is 0 Å². The van der Waals surface area contributed by atoms with Crippen LogP contribution in [0.3, 0.4) is 0 Å². The van der Waals surface area contributed by atoms with E-state index >= 15 is 0 Å². The number of hydrogen-bond donors (Lipinski definition) is 1. The zero-order chi connectivity index (χ0) is 10.1. The molecule has 2 rings (SSSR count). The average molecular weight is 192 g/mol. The lowest BCUT2D eigenvalue weighted by Crippen LogP contribution is -2.00. The van der Waals surface area contributed by atoms with Gasteiger partial charge in [-0.25, -0.2) is 0 Å². The van der Waals surface area contributed by atoms with Gasteiger partial charge in [-0.15, -0.1) is 0 Å². The average Bonchev–Trinajstić information content (AvgIpc) is 2.17. The van der Waals surface area contributed by atoms with Crippen molar-refractivity contribution in [2.45, 2.75) is 0 Å². The van der Waals surface area contributed by atoms with Gasteiger partial charge in [0.05, 0.1) is 13.2 Å². The van der Waals surface area contributed by atoms with Crippen molar-refractivity contribution in [1.29, 1.82) is 0 Å². The Morgan fingerprint density at radius 1 is 1.43 bits per heavy atom. The minimum atomic E-state index is -0.318. The van der Waals surface area contributed by atoms with Gasteiger partial charge in [-0.3, -0.25) is 4.79 Å². The molecule has 0 aliphatic heterocycles. The summed E-state index contributed by atoms with van der Waals surface area (Å²) in [6.45, 7) is 0. The van der Waals surface area contributed by atoms with Crippen molar-refractivity contribution in [3.63, 3.8) is 0 Å². The lowest BCUT2D eigenvalue weighted by atomic mass is 10.2. The fraction of sp³-hybridized carbons (Fsp3) is 0.100. The molecule has 1 aromatic heterocycles. The highest BCUT2D eigenvalue weighted by Gasteiger charge is 2.07. The van der Waals surface area contributed by atoms with Crippen molar-refractivity contribution in [3.05, 3.63) is 34.5 Å². The van der Waals surface area contributed by atoms with Gasteiger partial charge in [0.2, 0.25) is 0 Å². The molecule has 14 heavy (non-hydrogen) atoms. The topological polar surface area (TPSA) is 59.7 Å². The van der Waals surface area contributed by atoms with Gasteiger partial charge in [0.25, 0.3) is 5.95 Å². The highest BCUT2D eigenvalue weighted by Crippen LogP contribution is 2.23. The van der Waals surface area contributed by atoms with Crippen LogP contribution in [0.25, 0.3) is 11.0 Å². The van der Waals surface area contributed by atoms with E-state index in [1.54, 1.807) is 12.1 Å². The smallest absolute Gasteiger partial charge is 0.288 e. The van der Waals surface area contributed by atoms with Crippen molar-refractivity contribution in [3.8, 4) is 11.7 Å². The van der Waals surface area contributed by atoms with E-state index in [1.807, 2.05) is 0 Å². The van der Waals surface area contributed by atoms with Crippen molar-refractivity contribution in [1.82, 2.24) is 0 Å². The van der Waals surface area contributed by atoms with E-state index in [9.17, 15) is 9.90 Å².